The molecule has 0 unspecified atom stereocenters. The Morgan fingerprint density at radius 1 is 0.650 bits per heavy atom. The lowest BCUT2D eigenvalue weighted by atomic mass is 10.1. The van der Waals surface area contributed by atoms with E-state index in [0.29, 0.717) is 0 Å². The first-order chi connectivity index (χ1) is 9.27. The molecular formula is C14H16N2O4. The van der Waals surface area contributed by atoms with Gasteiger partial charge in [-0.3, -0.25) is 19.2 Å². The van der Waals surface area contributed by atoms with Crippen LogP contribution in [0.15, 0.2) is 21.1 Å². The van der Waals surface area contributed by atoms with Crippen molar-refractivity contribution in [2.24, 2.45) is 9.98 Å². The molecule has 0 saturated carbocycles. The molecule has 0 aromatic heterocycles. The number of ketones is 4. The molecule has 0 fully saturated rings. The number of hydrogen-bond acceptors (Lipinski definition) is 6. The average Bonchev–Trinajstić information content (AvgIpc) is 2.30. The van der Waals surface area contributed by atoms with Crippen LogP contribution < -0.4 is 0 Å². The summed E-state index contributed by atoms with van der Waals surface area (Å²) in [6.45, 7) is 5.36. The zero-order valence-electron chi connectivity index (χ0n) is 11.9. The largest absolute Gasteiger partial charge is 0.294 e. The number of rotatable bonds is 7. The standard InChI is InChI=1S/C14H16N2O4/c1-9(17)13(10(2)18)7-15-5-6-16-8-14(11(3)19)12(4)20/h5-6H2,1-4H3. The van der Waals surface area contributed by atoms with Crippen LogP contribution in [0.25, 0.3) is 0 Å². The van der Waals surface area contributed by atoms with E-state index >= 15 is 0 Å². The molecule has 0 amide bonds. The minimum atomic E-state index is -0.403. The van der Waals surface area contributed by atoms with E-state index in [-0.39, 0.29) is 24.2 Å². The van der Waals surface area contributed by atoms with Gasteiger partial charge in [-0.2, -0.15) is 0 Å². The molecule has 0 rings (SSSR count). The number of Topliss-reactive ketones (excluding diaryl/α,β-unsaturated/α-hetero) is 4. The summed E-state index contributed by atoms with van der Waals surface area (Å²) < 4.78 is 0. The Kier molecular flexibility index (Phi) is 7.60. The Hall–Kier alpha value is -2.42. The van der Waals surface area contributed by atoms with E-state index in [1.165, 1.54) is 27.7 Å². The van der Waals surface area contributed by atoms with E-state index in [0.717, 1.165) is 0 Å². The van der Waals surface area contributed by atoms with E-state index in [4.69, 9.17) is 0 Å². The highest BCUT2D eigenvalue weighted by Gasteiger charge is 2.08. The van der Waals surface area contributed by atoms with Crippen LogP contribution in [0, 0.1) is 0 Å². The second kappa shape index (κ2) is 8.64. The van der Waals surface area contributed by atoms with Gasteiger partial charge < -0.3 is 0 Å². The molecule has 0 atom stereocenters. The van der Waals surface area contributed by atoms with E-state index in [1.54, 1.807) is 0 Å². The normalized spacial score (nSPS) is 8.80. The Morgan fingerprint density at radius 3 is 1.10 bits per heavy atom. The van der Waals surface area contributed by atoms with Crippen molar-refractivity contribution in [2.75, 3.05) is 13.1 Å². The van der Waals surface area contributed by atoms with E-state index in [1.807, 2.05) is 0 Å². The summed E-state index contributed by atoms with van der Waals surface area (Å²) in [5.41, 5.74) is -0.199. The number of hydrogen-bond donors (Lipinski definition) is 0. The average molecular weight is 276 g/mol. The molecule has 0 bridgehead atoms. The SMILES string of the molecule is CC(=O)C(=C=NCCN=C=C(C(C)=O)C(C)=O)C(C)=O. The fraction of sp³-hybridized carbons (Fsp3) is 0.429. The number of allylic oxidation sites excluding steroid dienone is 2. The molecule has 0 aromatic carbocycles. The van der Waals surface area contributed by atoms with Crippen LogP contribution in [0.2, 0.25) is 0 Å². The molecule has 0 aliphatic rings. The maximum Gasteiger partial charge on any atom is 0.172 e. The van der Waals surface area contributed by atoms with Crippen molar-refractivity contribution < 1.29 is 19.2 Å². The van der Waals surface area contributed by atoms with Crippen molar-refractivity contribution in [1.82, 2.24) is 0 Å². The Bertz CT molecular complexity index is 488. The van der Waals surface area contributed by atoms with Gasteiger partial charge in [0.1, 0.15) is 11.1 Å². The lowest BCUT2D eigenvalue weighted by Crippen LogP contribution is -2.07. The highest BCUT2D eigenvalue weighted by Crippen LogP contribution is 1.93. The predicted octanol–water partition coefficient (Wildman–Crippen LogP) is 0.535. The van der Waals surface area contributed by atoms with E-state index < -0.39 is 23.1 Å². The highest BCUT2D eigenvalue weighted by atomic mass is 16.2. The monoisotopic (exact) mass is 276 g/mol. The Morgan fingerprint density at radius 2 is 0.900 bits per heavy atom. The van der Waals surface area contributed by atoms with Crippen molar-refractivity contribution >= 4 is 34.9 Å². The zero-order chi connectivity index (χ0) is 15.7. The fourth-order valence-electron chi connectivity index (χ4n) is 1.18. The third kappa shape index (κ3) is 6.50. The van der Waals surface area contributed by atoms with Crippen LogP contribution in [0.5, 0.6) is 0 Å². The summed E-state index contributed by atoms with van der Waals surface area (Å²) in [6.07, 6.45) is 0. The van der Waals surface area contributed by atoms with Crippen LogP contribution in [0.4, 0.5) is 0 Å². The number of carbonyl (C=O) groups excluding carboxylic acids is 4. The number of nitrogens with zero attached hydrogens (tertiary/aromatic N) is 2. The Labute approximate surface area is 117 Å². The smallest absolute Gasteiger partial charge is 0.172 e. The van der Waals surface area contributed by atoms with Gasteiger partial charge in [-0.25, -0.2) is 9.98 Å². The van der Waals surface area contributed by atoms with Gasteiger partial charge in [-0.1, -0.05) is 0 Å². The quantitative estimate of drug-likeness (QED) is 0.223. The third-order valence-corrected chi connectivity index (χ3v) is 2.11. The summed E-state index contributed by atoms with van der Waals surface area (Å²) in [6, 6.07) is 0. The minimum Gasteiger partial charge on any atom is -0.294 e. The molecule has 0 N–H and O–H groups in total. The van der Waals surface area contributed by atoms with Crippen LogP contribution in [-0.4, -0.2) is 48.0 Å². The van der Waals surface area contributed by atoms with Crippen molar-refractivity contribution in [3.05, 3.63) is 11.1 Å². The Balaban J connectivity index is 4.83. The molecule has 0 saturated heterocycles. The van der Waals surface area contributed by atoms with Crippen molar-refractivity contribution in [1.29, 1.82) is 0 Å². The molecule has 0 radical (unpaired) electrons. The van der Waals surface area contributed by atoms with Gasteiger partial charge in [-0.05, 0) is 39.4 Å². The molecule has 0 heterocycles. The van der Waals surface area contributed by atoms with Crippen LogP contribution in [0.3, 0.4) is 0 Å². The minimum absolute atomic E-state index is 0.0994. The summed E-state index contributed by atoms with van der Waals surface area (Å²) in [7, 11) is 0. The molecule has 106 valence electrons. The van der Waals surface area contributed by atoms with Crippen molar-refractivity contribution in [3.63, 3.8) is 0 Å². The van der Waals surface area contributed by atoms with Gasteiger partial charge in [-0.15, -0.1) is 0 Å². The molecule has 6 heteroatoms. The summed E-state index contributed by atoms with van der Waals surface area (Å²) in [4.78, 5) is 51.7. The van der Waals surface area contributed by atoms with E-state index in [9.17, 15) is 19.2 Å². The number of carbonyl (C=O) groups is 4. The van der Waals surface area contributed by atoms with Gasteiger partial charge in [0, 0.05) is 0 Å². The summed E-state index contributed by atoms with van der Waals surface area (Å²) >= 11 is 0. The molecule has 0 spiro atoms. The highest BCUT2D eigenvalue weighted by molar-refractivity contribution is 6.25. The van der Waals surface area contributed by atoms with Crippen molar-refractivity contribution in [3.8, 4) is 0 Å². The second-order valence-corrected chi connectivity index (χ2v) is 3.96. The maximum atomic E-state index is 11.1. The first-order valence-corrected chi connectivity index (χ1v) is 5.90. The van der Waals surface area contributed by atoms with Gasteiger partial charge in [0.15, 0.2) is 23.1 Å². The number of aliphatic imine (C=N–C) groups is 2. The van der Waals surface area contributed by atoms with E-state index in [2.05, 4.69) is 21.7 Å². The summed E-state index contributed by atoms with van der Waals surface area (Å²) in [5.74, 6) is 3.12. The predicted molar refractivity (Wildman–Crippen MR) is 74.4 cm³/mol. The molecule has 0 aliphatic carbocycles. The first kappa shape index (κ1) is 17.6. The van der Waals surface area contributed by atoms with Crippen LogP contribution in [-0.2, 0) is 19.2 Å². The lowest BCUT2D eigenvalue weighted by Gasteiger charge is -1.91. The van der Waals surface area contributed by atoms with Gasteiger partial charge in [0.2, 0.25) is 0 Å². The van der Waals surface area contributed by atoms with Gasteiger partial charge >= 0.3 is 0 Å². The fourth-order valence-corrected chi connectivity index (χ4v) is 1.18. The zero-order valence-corrected chi connectivity index (χ0v) is 11.9. The second-order valence-electron chi connectivity index (χ2n) is 3.96. The topological polar surface area (TPSA) is 93.0 Å². The van der Waals surface area contributed by atoms with Gasteiger partial charge in [0.25, 0.3) is 0 Å². The molecule has 6 nitrogen and oxygen atoms in total. The summed E-state index contributed by atoms with van der Waals surface area (Å²) in [5, 5.41) is 0. The van der Waals surface area contributed by atoms with Gasteiger partial charge in [0.05, 0.1) is 13.1 Å². The van der Waals surface area contributed by atoms with Crippen LogP contribution in [0.1, 0.15) is 27.7 Å². The first-order valence-electron chi connectivity index (χ1n) is 5.90. The maximum absolute atomic E-state index is 11.1. The lowest BCUT2D eigenvalue weighted by molar-refractivity contribution is -0.120. The van der Waals surface area contributed by atoms with Crippen molar-refractivity contribution in [2.45, 2.75) is 27.7 Å². The molecule has 0 aromatic rings. The molecule has 0 aliphatic heterocycles. The third-order valence-electron chi connectivity index (χ3n) is 2.11. The molecular weight excluding hydrogens is 260 g/mol. The van der Waals surface area contributed by atoms with Crippen LogP contribution >= 0.6 is 0 Å². The molecule has 20 heavy (non-hydrogen) atoms.